The van der Waals surface area contributed by atoms with E-state index >= 15 is 0 Å². The van der Waals surface area contributed by atoms with Crippen molar-refractivity contribution in [3.63, 3.8) is 0 Å². The van der Waals surface area contributed by atoms with Gasteiger partial charge in [0.1, 0.15) is 0 Å². The fourth-order valence-electron chi connectivity index (χ4n) is 1.46. The Hall–Kier alpha value is -0.520. The van der Waals surface area contributed by atoms with Gasteiger partial charge in [-0.25, -0.2) is 0 Å². The first-order valence-electron chi connectivity index (χ1n) is 4.52. The number of halogens is 2. The maximum absolute atomic E-state index is 11.9. The van der Waals surface area contributed by atoms with Crippen molar-refractivity contribution in [1.82, 2.24) is 10.2 Å². The van der Waals surface area contributed by atoms with Crippen LogP contribution in [0.4, 0.5) is 0 Å². The second-order valence-corrected chi connectivity index (χ2v) is 3.99. The minimum absolute atomic E-state index is 0. The van der Waals surface area contributed by atoms with Gasteiger partial charge in [0.25, 0.3) is 5.91 Å². The van der Waals surface area contributed by atoms with Crippen molar-refractivity contribution in [3.05, 3.63) is 22.6 Å². The Morgan fingerprint density at radius 1 is 1.47 bits per heavy atom. The number of amides is 1. The lowest BCUT2D eigenvalue weighted by atomic mass is 10.3. The molecule has 2 rings (SSSR count). The fraction of sp³-hybridized carbons (Fsp3) is 0.444. The van der Waals surface area contributed by atoms with E-state index in [9.17, 15) is 4.79 Å². The maximum atomic E-state index is 11.9. The van der Waals surface area contributed by atoms with Gasteiger partial charge < -0.3 is 14.6 Å². The SMILES string of the molecule is Cl.O=C(c1occc1Br)N1CCNCC1. The van der Waals surface area contributed by atoms with E-state index in [1.807, 2.05) is 0 Å². The molecule has 1 aromatic rings. The summed E-state index contributed by atoms with van der Waals surface area (Å²) in [6, 6.07) is 1.73. The highest BCUT2D eigenvalue weighted by molar-refractivity contribution is 9.10. The molecule has 0 aliphatic carbocycles. The molecule has 0 atom stereocenters. The van der Waals surface area contributed by atoms with E-state index in [0.717, 1.165) is 30.7 Å². The van der Waals surface area contributed by atoms with Gasteiger partial charge in [-0.05, 0) is 22.0 Å². The Morgan fingerprint density at radius 2 is 2.13 bits per heavy atom. The standard InChI is InChI=1S/C9H11BrN2O2.ClH/c10-7-1-6-14-8(7)9(13)12-4-2-11-3-5-12;/h1,6,11H,2-5H2;1H. The quantitative estimate of drug-likeness (QED) is 0.854. The Labute approximate surface area is 103 Å². The predicted octanol–water partition coefficient (Wildman–Crippen LogP) is 1.51. The van der Waals surface area contributed by atoms with Crippen LogP contribution in [-0.2, 0) is 0 Å². The minimum atomic E-state index is -0.0385. The van der Waals surface area contributed by atoms with Crippen molar-refractivity contribution in [2.45, 2.75) is 0 Å². The topological polar surface area (TPSA) is 45.5 Å². The molecule has 15 heavy (non-hydrogen) atoms. The molecule has 0 unspecified atom stereocenters. The van der Waals surface area contributed by atoms with Crippen molar-refractivity contribution in [1.29, 1.82) is 0 Å². The van der Waals surface area contributed by atoms with Crippen molar-refractivity contribution in [2.24, 2.45) is 0 Å². The summed E-state index contributed by atoms with van der Waals surface area (Å²) in [5.74, 6) is 0.357. The molecular formula is C9H12BrClN2O2. The number of hydrogen-bond acceptors (Lipinski definition) is 3. The summed E-state index contributed by atoms with van der Waals surface area (Å²) < 4.78 is 5.84. The normalized spacial score (nSPS) is 15.9. The van der Waals surface area contributed by atoms with E-state index in [4.69, 9.17) is 4.42 Å². The van der Waals surface area contributed by atoms with Crippen molar-refractivity contribution < 1.29 is 9.21 Å². The summed E-state index contributed by atoms with van der Waals surface area (Å²) in [7, 11) is 0. The number of carbonyl (C=O) groups is 1. The van der Waals surface area contributed by atoms with Crippen molar-refractivity contribution >= 4 is 34.2 Å². The Morgan fingerprint density at radius 3 is 2.67 bits per heavy atom. The highest BCUT2D eigenvalue weighted by atomic mass is 79.9. The monoisotopic (exact) mass is 294 g/mol. The summed E-state index contributed by atoms with van der Waals surface area (Å²) in [5, 5.41) is 3.19. The molecule has 1 saturated heterocycles. The summed E-state index contributed by atoms with van der Waals surface area (Å²) in [5.41, 5.74) is 0. The summed E-state index contributed by atoms with van der Waals surface area (Å²) in [6.07, 6.45) is 1.51. The molecule has 0 aromatic carbocycles. The van der Waals surface area contributed by atoms with E-state index in [2.05, 4.69) is 21.2 Å². The Balaban J connectivity index is 0.00000112. The number of nitrogens with zero attached hydrogens (tertiary/aromatic N) is 1. The van der Waals surface area contributed by atoms with E-state index in [-0.39, 0.29) is 18.3 Å². The molecule has 1 aliphatic rings. The molecule has 0 saturated carbocycles. The molecule has 2 heterocycles. The number of hydrogen-bond donors (Lipinski definition) is 1. The second kappa shape index (κ2) is 5.53. The van der Waals surface area contributed by atoms with Crippen molar-refractivity contribution in [2.75, 3.05) is 26.2 Å². The zero-order chi connectivity index (χ0) is 9.97. The van der Waals surface area contributed by atoms with Crippen LogP contribution in [0.1, 0.15) is 10.6 Å². The number of nitrogens with one attached hydrogen (secondary N) is 1. The third-order valence-corrected chi connectivity index (χ3v) is 2.84. The van der Waals surface area contributed by atoms with Gasteiger partial charge in [-0.15, -0.1) is 12.4 Å². The van der Waals surface area contributed by atoms with Gasteiger partial charge in [-0.1, -0.05) is 0 Å². The molecule has 1 fully saturated rings. The molecule has 1 amide bonds. The third-order valence-electron chi connectivity index (χ3n) is 2.22. The van der Waals surface area contributed by atoms with Crippen LogP contribution in [0, 0.1) is 0 Å². The highest BCUT2D eigenvalue weighted by Gasteiger charge is 2.22. The maximum Gasteiger partial charge on any atom is 0.290 e. The van der Waals surface area contributed by atoms with Gasteiger partial charge in [0.2, 0.25) is 5.76 Å². The fourth-order valence-corrected chi connectivity index (χ4v) is 1.83. The lowest BCUT2D eigenvalue weighted by Gasteiger charge is -2.26. The molecule has 0 spiro atoms. The van der Waals surface area contributed by atoms with E-state index in [1.54, 1.807) is 11.0 Å². The minimum Gasteiger partial charge on any atom is -0.458 e. The highest BCUT2D eigenvalue weighted by Crippen LogP contribution is 2.19. The van der Waals surface area contributed by atoms with Crippen LogP contribution in [0.3, 0.4) is 0 Å². The van der Waals surface area contributed by atoms with E-state index in [0.29, 0.717) is 5.76 Å². The largest absolute Gasteiger partial charge is 0.458 e. The molecule has 0 bridgehead atoms. The van der Waals surface area contributed by atoms with Gasteiger partial charge in [0.15, 0.2) is 0 Å². The molecular weight excluding hydrogens is 283 g/mol. The van der Waals surface area contributed by atoms with Crippen LogP contribution >= 0.6 is 28.3 Å². The Bertz CT molecular complexity index is 337. The summed E-state index contributed by atoms with van der Waals surface area (Å²) >= 11 is 3.28. The lowest BCUT2D eigenvalue weighted by Crippen LogP contribution is -2.46. The van der Waals surface area contributed by atoms with Gasteiger partial charge in [0.05, 0.1) is 10.7 Å². The number of rotatable bonds is 1. The first kappa shape index (κ1) is 12.5. The average molecular weight is 296 g/mol. The third kappa shape index (κ3) is 2.74. The zero-order valence-corrected chi connectivity index (χ0v) is 10.4. The Kier molecular flexibility index (Phi) is 4.63. The summed E-state index contributed by atoms with van der Waals surface area (Å²) in [6.45, 7) is 3.19. The molecule has 84 valence electrons. The first-order valence-corrected chi connectivity index (χ1v) is 5.31. The molecule has 1 aromatic heterocycles. The average Bonchev–Trinajstić information content (AvgIpc) is 2.65. The second-order valence-electron chi connectivity index (χ2n) is 3.14. The summed E-state index contributed by atoms with van der Waals surface area (Å²) in [4.78, 5) is 13.6. The molecule has 6 heteroatoms. The first-order chi connectivity index (χ1) is 6.79. The lowest BCUT2D eigenvalue weighted by molar-refractivity contribution is 0.0702. The van der Waals surface area contributed by atoms with Crippen LogP contribution in [0.15, 0.2) is 21.2 Å². The van der Waals surface area contributed by atoms with Crippen LogP contribution < -0.4 is 5.32 Å². The number of carbonyl (C=O) groups excluding carboxylic acids is 1. The van der Waals surface area contributed by atoms with Crippen LogP contribution in [-0.4, -0.2) is 37.0 Å². The van der Waals surface area contributed by atoms with Crippen LogP contribution in [0.5, 0.6) is 0 Å². The van der Waals surface area contributed by atoms with Crippen molar-refractivity contribution in [3.8, 4) is 0 Å². The predicted molar refractivity (Wildman–Crippen MR) is 62.4 cm³/mol. The number of furan rings is 1. The van der Waals surface area contributed by atoms with Crippen LogP contribution in [0.25, 0.3) is 0 Å². The molecule has 1 aliphatic heterocycles. The molecule has 4 nitrogen and oxygen atoms in total. The van der Waals surface area contributed by atoms with Gasteiger partial charge in [0, 0.05) is 26.2 Å². The zero-order valence-electron chi connectivity index (χ0n) is 8.03. The molecule has 1 N–H and O–H groups in total. The van der Waals surface area contributed by atoms with Gasteiger partial charge in [-0.3, -0.25) is 4.79 Å². The van der Waals surface area contributed by atoms with Gasteiger partial charge >= 0.3 is 0 Å². The van der Waals surface area contributed by atoms with E-state index in [1.165, 1.54) is 6.26 Å². The van der Waals surface area contributed by atoms with Gasteiger partial charge in [-0.2, -0.15) is 0 Å². The smallest absolute Gasteiger partial charge is 0.290 e. The number of piperazine rings is 1. The van der Waals surface area contributed by atoms with E-state index < -0.39 is 0 Å². The van der Waals surface area contributed by atoms with Crippen LogP contribution in [0.2, 0.25) is 0 Å². The molecule has 0 radical (unpaired) electrons.